The van der Waals surface area contributed by atoms with Crippen molar-refractivity contribution in [3.63, 3.8) is 0 Å². The van der Waals surface area contributed by atoms with Gasteiger partial charge in [-0.15, -0.1) is 0 Å². The smallest absolute Gasteiger partial charge is 0.261 e. The second-order valence-electron chi connectivity index (χ2n) is 22.1. The summed E-state index contributed by atoms with van der Waals surface area (Å²) in [4.78, 5) is 109. The number of fused-ring (bicyclic) bond motifs is 4. The number of hydrogen-bond acceptors (Lipinski definition) is 17. The Morgan fingerprint density at radius 2 is 0.802 bits per heavy atom. The van der Waals surface area contributed by atoms with Gasteiger partial charge >= 0.3 is 0 Å². The van der Waals surface area contributed by atoms with E-state index in [1.54, 1.807) is 36.4 Å². The molecule has 29 heteroatoms. The van der Waals surface area contributed by atoms with E-state index in [0.29, 0.717) is 35.7 Å². The Bertz CT molecular complexity index is 4330. The van der Waals surface area contributed by atoms with Crippen LogP contribution in [-0.4, -0.2) is 111 Å². The number of hydrogen-bond donors (Lipinski definition) is 8. The van der Waals surface area contributed by atoms with Crippen molar-refractivity contribution in [3.8, 4) is 5.75 Å². The van der Waals surface area contributed by atoms with Crippen molar-refractivity contribution in [2.75, 3.05) is 59.6 Å². The van der Waals surface area contributed by atoms with E-state index in [2.05, 4.69) is 36.1 Å². The molecule has 0 saturated carbocycles. The minimum absolute atomic E-state index is 0.00906. The van der Waals surface area contributed by atoms with E-state index in [0.717, 1.165) is 24.8 Å². The highest BCUT2D eigenvalue weighted by Crippen LogP contribution is 2.50. The highest BCUT2D eigenvalue weighted by atomic mass is 35.5. The second kappa shape index (κ2) is 28.7. The molecule has 0 bridgehead atoms. The molecule has 6 aromatic carbocycles. The van der Waals surface area contributed by atoms with Crippen LogP contribution in [0.1, 0.15) is 89.4 Å². The van der Waals surface area contributed by atoms with Crippen LogP contribution in [0.5, 0.6) is 5.75 Å². The van der Waals surface area contributed by atoms with Gasteiger partial charge in [-0.25, -0.2) is 4.39 Å². The third-order valence-electron chi connectivity index (χ3n) is 16.2. The number of amides is 4. The highest BCUT2D eigenvalue weighted by molar-refractivity contribution is 6.40. The van der Waals surface area contributed by atoms with Crippen LogP contribution in [0.2, 0.25) is 35.2 Å². The molecule has 96 heavy (non-hydrogen) atoms. The van der Waals surface area contributed by atoms with Gasteiger partial charge in [0.05, 0.1) is 83.8 Å². The molecule has 5 aliphatic rings. The zero-order valence-electron chi connectivity index (χ0n) is 49.7. The van der Waals surface area contributed by atoms with Crippen LogP contribution in [0.4, 0.5) is 32.8 Å². The molecule has 7 heterocycles. The van der Waals surface area contributed by atoms with Crippen molar-refractivity contribution < 1.29 is 72.6 Å². The fraction of sp³-hybridized carbons (Fsp3) is 0.194. The zero-order valence-corrected chi connectivity index (χ0v) is 55.0. The Morgan fingerprint density at radius 1 is 0.458 bits per heavy atom. The van der Waals surface area contributed by atoms with E-state index in [9.17, 15) is 63.2 Å². The first kappa shape index (κ1) is 70.3. The Balaban J connectivity index is 0.000000140. The number of halogens is 8. The average molecular weight is 1450 g/mol. The summed E-state index contributed by atoms with van der Waals surface area (Å²) in [5.74, 6) is -4.87. The Kier molecular flexibility index (Phi) is 21.0. The number of pyridine rings is 2. The highest BCUT2D eigenvalue weighted by Gasteiger charge is 2.53. The number of aliphatic hydroxyl groups is 4. The normalized spacial score (nSPS) is 20.0. The second-order valence-corrected chi connectivity index (χ2v) is 25.0. The quantitative estimate of drug-likeness (QED) is 0.0469. The molecule has 8 aromatic rings. The molecule has 4 atom stereocenters. The van der Waals surface area contributed by atoms with Crippen LogP contribution < -0.4 is 30.9 Å². The molecule has 4 unspecified atom stereocenters. The summed E-state index contributed by atoms with van der Waals surface area (Å²) < 4.78 is 24.2. The molecule has 1 saturated heterocycles. The summed E-state index contributed by atoms with van der Waals surface area (Å²) in [5, 5.41) is 54.3. The number of ketones is 4. The molecule has 2 aromatic heterocycles. The van der Waals surface area contributed by atoms with Gasteiger partial charge in [-0.1, -0.05) is 81.2 Å². The largest absolute Gasteiger partial charge is 0.497 e. The molecule has 8 N–H and O–H groups in total. The van der Waals surface area contributed by atoms with E-state index in [-0.39, 0.29) is 91.5 Å². The number of morpholine rings is 1. The maximum Gasteiger partial charge on any atom is 0.261 e. The molecular weight excluding hydrogens is 1390 g/mol. The predicted molar refractivity (Wildman–Crippen MR) is 358 cm³/mol. The number of nitrogens with zero attached hydrogens (tertiary/aromatic N) is 3. The van der Waals surface area contributed by atoms with Crippen molar-refractivity contribution in [1.82, 2.24) is 9.97 Å². The maximum atomic E-state index is 13.8. The minimum Gasteiger partial charge on any atom is -0.497 e. The summed E-state index contributed by atoms with van der Waals surface area (Å²) in [6.45, 7) is 2.93. The Morgan fingerprint density at radius 3 is 1.19 bits per heavy atom. The third kappa shape index (κ3) is 13.9. The molecule has 0 spiro atoms. The lowest BCUT2D eigenvalue weighted by Crippen LogP contribution is -2.37. The van der Waals surface area contributed by atoms with Crippen molar-refractivity contribution in [3.05, 3.63) is 232 Å². The van der Waals surface area contributed by atoms with E-state index in [4.69, 9.17) is 90.7 Å². The lowest BCUT2D eigenvalue weighted by atomic mass is 9.88. The van der Waals surface area contributed by atoms with Gasteiger partial charge in [-0.3, -0.25) is 48.3 Å². The van der Waals surface area contributed by atoms with E-state index < -0.39 is 94.9 Å². The van der Waals surface area contributed by atoms with Crippen LogP contribution in [0.3, 0.4) is 0 Å². The lowest BCUT2D eigenvalue weighted by molar-refractivity contribution is -0.133. The van der Waals surface area contributed by atoms with Crippen LogP contribution in [0.25, 0.3) is 0 Å². The molecule has 494 valence electrons. The number of anilines is 5. The molecular formula is C67H51Cl7FN7O14. The van der Waals surface area contributed by atoms with Gasteiger partial charge in [0.25, 0.3) is 23.6 Å². The summed E-state index contributed by atoms with van der Waals surface area (Å²) >= 11 is 42.5. The topological polar surface area (TPSA) is 313 Å². The fourth-order valence-corrected chi connectivity index (χ4v) is 13.0. The first-order valence-corrected chi connectivity index (χ1v) is 31.4. The van der Waals surface area contributed by atoms with E-state index in [1.165, 1.54) is 98.6 Å². The van der Waals surface area contributed by atoms with Gasteiger partial charge < -0.3 is 56.1 Å². The Labute approximate surface area is 580 Å². The van der Waals surface area contributed by atoms with Crippen LogP contribution in [0.15, 0.2) is 146 Å². The van der Waals surface area contributed by atoms with Gasteiger partial charge in [-0.05, 0) is 121 Å². The third-order valence-corrected chi connectivity index (χ3v) is 18.4. The van der Waals surface area contributed by atoms with Crippen LogP contribution in [-0.2, 0) is 46.3 Å². The van der Waals surface area contributed by atoms with Gasteiger partial charge in [0, 0.05) is 108 Å². The average Bonchev–Trinajstić information content (AvgIpc) is 1.61. The molecule has 1 fully saturated rings. The molecule has 0 aliphatic carbocycles. The summed E-state index contributed by atoms with van der Waals surface area (Å²) in [5.41, 5.74) is -5.21. The summed E-state index contributed by atoms with van der Waals surface area (Å²) in [6, 6.07) is 30.8. The predicted octanol–water partition coefficient (Wildman–Crippen LogP) is 11.7. The van der Waals surface area contributed by atoms with Crippen molar-refractivity contribution in [1.29, 1.82) is 0 Å². The van der Waals surface area contributed by atoms with Crippen molar-refractivity contribution in [2.45, 2.75) is 48.1 Å². The summed E-state index contributed by atoms with van der Waals surface area (Å²) in [7, 11) is 1.50. The van der Waals surface area contributed by atoms with Crippen molar-refractivity contribution >= 4 is 156 Å². The van der Waals surface area contributed by atoms with Crippen molar-refractivity contribution in [2.24, 2.45) is 0 Å². The molecule has 5 aliphatic heterocycles. The molecule has 21 nitrogen and oxygen atoms in total. The molecule has 0 radical (unpaired) electrons. The summed E-state index contributed by atoms with van der Waals surface area (Å²) in [6.07, 6.45) is 3.96. The number of methoxy groups -OCH3 is 1. The maximum absolute atomic E-state index is 13.8. The number of carbonyl (C=O) groups excluding carboxylic acids is 8. The van der Waals surface area contributed by atoms with Gasteiger partial charge in [0.15, 0.2) is 45.5 Å². The number of aromatic nitrogens is 2. The number of nitrogens with one attached hydrogen (secondary N) is 4. The molecule has 13 rings (SSSR count). The van der Waals surface area contributed by atoms with Crippen LogP contribution >= 0.6 is 81.2 Å². The number of rotatable bonds is 14. The number of benzene rings is 6. The minimum atomic E-state index is -2.22. The SMILES string of the molecule is COc1ccc(C(=O)CC2(O)C(=O)Nc3c(F)ccc(Cl)c32)cc1.O=C(CC1(O)C(=O)Nc2c(Cl)ccc(Cl)c21)c1ccc(N2CCOCC2)cc1.O=C(CC1(O)C(=O)Nc2c(Cl)ccc(Cl)c21)c1cccnc1.O=C(CC1(O)C(=O)Nc2c(Cl)ccc(Cl)c21)c1ccncc1. The first-order valence-electron chi connectivity index (χ1n) is 28.7. The standard InChI is InChI=1S/C20H18Cl2N2O4.C17H13ClFNO4.2C15H10Cl2N2O3/c21-14-5-6-15(22)18-17(14)20(27,19(26)23-18)11-16(25)12-1-3-13(4-2-12)24-7-9-28-10-8-24;1-24-10-4-2-9(3-5-10)13(21)8-17(23)14-11(18)6-7-12(19)15(14)20-16(17)22;16-9-1-2-10(17)13-12(9)15(22,14(21)19-13)7-11(20)8-3-5-18-6-4-8;16-9-3-4-10(17)13-12(9)15(22,14(21)19-13)6-11(20)8-2-1-5-18-7-8/h1-6,27H,7-11H2,(H,23,26);2-7,23H,8H2,1H3,(H,20,22);1-6,22H,7H2,(H,19,21);1-5,7,22H,6H2,(H,19,21). The van der Waals surface area contributed by atoms with Gasteiger partial charge in [0.2, 0.25) is 0 Å². The van der Waals surface area contributed by atoms with Gasteiger partial charge in [0.1, 0.15) is 11.6 Å². The number of carbonyl (C=O) groups is 8. The Hall–Kier alpha value is -8.46. The fourth-order valence-electron chi connectivity index (χ4n) is 11.2. The number of ether oxygens (including phenoxy) is 2. The number of Topliss-reactive ketones (excluding diaryl/α,β-unsaturated/α-hetero) is 4. The molecule has 4 amide bonds. The first-order chi connectivity index (χ1) is 45.6. The van der Waals surface area contributed by atoms with Crippen LogP contribution in [0, 0.1) is 5.82 Å². The monoisotopic (exact) mass is 1440 g/mol. The lowest BCUT2D eigenvalue weighted by Gasteiger charge is -2.29. The van der Waals surface area contributed by atoms with Gasteiger partial charge in [-0.2, -0.15) is 0 Å². The zero-order chi connectivity index (χ0) is 69.2. The van der Waals surface area contributed by atoms with E-state index in [1.807, 2.05) is 12.1 Å². The van der Waals surface area contributed by atoms with E-state index >= 15 is 0 Å².